The molecule has 0 saturated heterocycles. The summed E-state index contributed by atoms with van der Waals surface area (Å²) in [5.41, 5.74) is 0.0344. The van der Waals surface area contributed by atoms with E-state index in [-0.39, 0.29) is 22.8 Å². The summed E-state index contributed by atoms with van der Waals surface area (Å²) in [6.45, 7) is 0.695. The normalized spacial score (nSPS) is 13.1. The minimum atomic E-state index is -0.627. The molecule has 4 nitrogen and oxygen atoms in total. The summed E-state index contributed by atoms with van der Waals surface area (Å²) in [6, 6.07) is 3.01. The van der Waals surface area contributed by atoms with Gasteiger partial charge in [0, 0.05) is 6.07 Å². The van der Waals surface area contributed by atoms with Crippen molar-refractivity contribution in [3.05, 3.63) is 17.4 Å². The first-order valence-corrected chi connectivity index (χ1v) is 4.34. The van der Waals surface area contributed by atoms with Gasteiger partial charge in [-0.2, -0.15) is 5.26 Å². The maximum atomic E-state index is 13.4. The third kappa shape index (κ3) is 1.44. The van der Waals surface area contributed by atoms with Crippen molar-refractivity contribution in [3.8, 4) is 23.3 Å². The maximum absolute atomic E-state index is 13.4. The van der Waals surface area contributed by atoms with Crippen LogP contribution in [0.4, 0.5) is 4.39 Å². The number of hydrogen-bond acceptors (Lipinski definition) is 4. The van der Waals surface area contributed by atoms with E-state index < -0.39 is 5.82 Å². The molecule has 1 heterocycles. The second-order valence-electron chi connectivity index (χ2n) is 2.90. The molecule has 0 aliphatic carbocycles. The minimum Gasteiger partial charge on any atom is -0.492 e. The SMILES string of the molecule is COc1c(F)cc2c(c1C#N)OCCO2. The number of halogens is 1. The van der Waals surface area contributed by atoms with E-state index in [1.807, 2.05) is 6.07 Å². The number of rotatable bonds is 1. The zero-order valence-electron chi connectivity index (χ0n) is 8.04. The molecule has 0 saturated carbocycles. The molecule has 1 aliphatic rings. The van der Waals surface area contributed by atoms with Crippen LogP contribution in [0.2, 0.25) is 0 Å². The monoisotopic (exact) mass is 209 g/mol. The summed E-state index contributed by atoms with van der Waals surface area (Å²) >= 11 is 0. The third-order valence-electron chi connectivity index (χ3n) is 2.06. The summed E-state index contributed by atoms with van der Waals surface area (Å²) in [6.07, 6.45) is 0. The molecule has 1 aromatic carbocycles. The number of methoxy groups -OCH3 is 1. The van der Waals surface area contributed by atoms with Gasteiger partial charge in [0.2, 0.25) is 0 Å². The predicted molar refractivity (Wildman–Crippen MR) is 48.7 cm³/mol. The van der Waals surface area contributed by atoms with Gasteiger partial charge in [-0.3, -0.25) is 0 Å². The summed E-state index contributed by atoms with van der Waals surface area (Å²) in [5, 5.41) is 8.90. The van der Waals surface area contributed by atoms with Crippen molar-refractivity contribution < 1.29 is 18.6 Å². The first kappa shape index (κ1) is 9.59. The number of hydrogen-bond donors (Lipinski definition) is 0. The van der Waals surface area contributed by atoms with Crippen LogP contribution >= 0.6 is 0 Å². The molecule has 0 aromatic heterocycles. The first-order chi connectivity index (χ1) is 7.27. The molecule has 2 rings (SSSR count). The molecule has 1 aromatic rings. The van der Waals surface area contributed by atoms with Crippen molar-refractivity contribution in [2.24, 2.45) is 0 Å². The van der Waals surface area contributed by atoms with Crippen molar-refractivity contribution in [1.82, 2.24) is 0 Å². The van der Waals surface area contributed by atoms with Gasteiger partial charge in [-0.25, -0.2) is 4.39 Å². The first-order valence-electron chi connectivity index (χ1n) is 4.34. The van der Waals surface area contributed by atoms with Crippen LogP contribution in [0.25, 0.3) is 0 Å². The molecular formula is C10H8FNO3. The Morgan fingerprint density at radius 2 is 2.20 bits per heavy atom. The van der Waals surface area contributed by atoms with Crippen LogP contribution in [0.15, 0.2) is 6.07 Å². The Balaban J connectivity index is 2.66. The summed E-state index contributed by atoms with van der Waals surface area (Å²) in [5.74, 6) is -0.238. The zero-order chi connectivity index (χ0) is 10.8. The Labute approximate surface area is 85.8 Å². The van der Waals surface area contributed by atoms with Gasteiger partial charge in [0.15, 0.2) is 23.1 Å². The van der Waals surface area contributed by atoms with Gasteiger partial charge in [0.25, 0.3) is 0 Å². The molecule has 15 heavy (non-hydrogen) atoms. The molecule has 0 amide bonds. The lowest BCUT2D eigenvalue weighted by molar-refractivity contribution is 0.169. The molecule has 0 fully saturated rings. The van der Waals surface area contributed by atoms with Gasteiger partial charge >= 0.3 is 0 Å². The highest BCUT2D eigenvalue weighted by atomic mass is 19.1. The standard InChI is InChI=1S/C10H8FNO3/c1-13-9-6(5-12)10-8(4-7(9)11)14-2-3-15-10/h4H,2-3H2,1H3. The lowest BCUT2D eigenvalue weighted by Crippen LogP contribution is -2.17. The Bertz CT molecular complexity index is 439. The lowest BCUT2D eigenvalue weighted by Gasteiger charge is -2.20. The lowest BCUT2D eigenvalue weighted by atomic mass is 10.1. The summed E-state index contributed by atoms with van der Waals surface area (Å²) in [4.78, 5) is 0. The van der Waals surface area contributed by atoms with Gasteiger partial charge in [-0.15, -0.1) is 0 Å². The topological polar surface area (TPSA) is 51.5 Å². The second-order valence-corrected chi connectivity index (χ2v) is 2.90. The average molecular weight is 209 g/mol. The van der Waals surface area contributed by atoms with Gasteiger partial charge in [0.05, 0.1) is 7.11 Å². The maximum Gasteiger partial charge on any atom is 0.183 e. The highest BCUT2D eigenvalue weighted by Gasteiger charge is 2.23. The van der Waals surface area contributed by atoms with Crippen LogP contribution in [0.3, 0.4) is 0 Å². The fourth-order valence-electron chi connectivity index (χ4n) is 1.44. The van der Waals surface area contributed by atoms with Crippen molar-refractivity contribution in [3.63, 3.8) is 0 Å². The second kappa shape index (κ2) is 3.65. The molecular weight excluding hydrogens is 201 g/mol. The van der Waals surface area contributed by atoms with Gasteiger partial charge in [0.1, 0.15) is 24.8 Å². The van der Waals surface area contributed by atoms with Crippen LogP contribution in [0.1, 0.15) is 5.56 Å². The summed E-state index contributed by atoms with van der Waals surface area (Å²) in [7, 11) is 1.30. The van der Waals surface area contributed by atoms with E-state index >= 15 is 0 Å². The van der Waals surface area contributed by atoms with Crippen molar-refractivity contribution in [2.45, 2.75) is 0 Å². The van der Waals surface area contributed by atoms with Crippen LogP contribution in [-0.2, 0) is 0 Å². The Morgan fingerprint density at radius 3 is 2.87 bits per heavy atom. The average Bonchev–Trinajstić information content (AvgIpc) is 2.27. The zero-order valence-corrected chi connectivity index (χ0v) is 8.04. The van der Waals surface area contributed by atoms with E-state index in [0.717, 1.165) is 6.07 Å². The molecule has 0 unspecified atom stereocenters. The molecule has 5 heteroatoms. The van der Waals surface area contributed by atoms with Crippen molar-refractivity contribution in [2.75, 3.05) is 20.3 Å². The van der Waals surface area contributed by atoms with Gasteiger partial charge in [-0.1, -0.05) is 0 Å². The number of fused-ring (bicyclic) bond motifs is 1. The summed E-state index contributed by atoms with van der Waals surface area (Å²) < 4.78 is 28.6. The Morgan fingerprint density at radius 1 is 1.47 bits per heavy atom. The number of benzene rings is 1. The fraction of sp³-hybridized carbons (Fsp3) is 0.300. The molecule has 0 radical (unpaired) electrons. The van der Waals surface area contributed by atoms with E-state index in [1.165, 1.54) is 7.11 Å². The number of ether oxygens (including phenoxy) is 3. The molecule has 78 valence electrons. The van der Waals surface area contributed by atoms with E-state index in [0.29, 0.717) is 13.2 Å². The Hall–Kier alpha value is -1.96. The van der Waals surface area contributed by atoms with Crippen LogP contribution in [-0.4, -0.2) is 20.3 Å². The van der Waals surface area contributed by atoms with E-state index in [2.05, 4.69) is 0 Å². The fourth-order valence-corrected chi connectivity index (χ4v) is 1.44. The molecule has 0 spiro atoms. The molecule has 0 N–H and O–H groups in total. The van der Waals surface area contributed by atoms with E-state index in [9.17, 15) is 4.39 Å². The number of nitrogens with zero attached hydrogens (tertiary/aromatic N) is 1. The molecule has 0 bridgehead atoms. The third-order valence-corrected chi connectivity index (χ3v) is 2.06. The van der Waals surface area contributed by atoms with E-state index in [4.69, 9.17) is 19.5 Å². The highest BCUT2D eigenvalue weighted by Crippen LogP contribution is 2.40. The van der Waals surface area contributed by atoms with Crippen LogP contribution in [0, 0.1) is 17.1 Å². The van der Waals surface area contributed by atoms with Crippen molar-refractivity contribution >= 4 is 0 Å². The number of nitriles is 1. The van der Waals surface area contributed by atoms with Gasteiger partial charge in [-0.05, 0) is 0 Å². The smallest absolute Gasteiger partial charge is 0.183 e. The predicted octanol–water partition coefficient (Wildman–Crippen LogP) is 1.48. The van der Waals surface area contributed by atoms with E-state index in [1.54, 1.807) is 0 Å². The minimum absolute atomic E-state index is 0.0344. The van der Waals surface area contributed by atoms with Crippen LogP contribution < -0.4 is 14.2 Å². The largest absolute Gasteiger partial charge is 0.492 e. The Kier molecular flexibility index (Phi) is 2.34. The van der Waals surface area contributed by atoms with Crippen molar-refractivity contribution in [1.29, 1.82) is 5.26 Å². The van der Waals surface area contributed by atoms with Crippen LogP contribution in [0.5, 0.6) is 17.2 Å². The molecule has 1 aliphatic heterocycles. The van der Waals surface area contributed by atoms with Gasteiger partial charge < -0.3 is 14.2 Å². The molecule has 0 atom stereocenters. The quantitative estimate of drug-likeness (QED) is 0.702. The highest BCUT2D eigenvalue weighted by molar-refractivity contribution is 5.60.